The van der Waals surface area contributed by atoms with Crippen LogP contribution in [0.1, 0.15) is 40.5 Å². The van der Waals surface area contributed by atoms with Crippen LogP contribution in [-0.4, -0.2) is 13.5 Å². The van der Waals surface area contributed by atoms with E-state index in [1.807, 2.05) is 6.92 Å². The third-order valence-electron chi connectivity index (χ3n) is 2.53. The molecule has 0 nitrogen and oxygen atoms in total. The number of allylic oxidation sites excluding steroid dienone is 4. The Morgan fingerprint density at radius 3 is 2.36 bits per heavy atom. The minimum absolute atomic E-state index is 0.607. The van der Waals surface area contributed by atoms with E-state index < -0.39 is 0 Å². The maximum absolute atomic E-state index is 5.50. The van der Waals surface area contributed by atoms with E-state index in [0.29, 0.717) is 11.8 Å². The average molecular weight is 189 g/mol. The van der Waals surface area contributed by atoms with Gasteiger partial charge in [-0.25, -0.2) is 0 Å². The molecule has 14 heavy (non-hydrogen) atoms. The molecule has 0 aliphatic carbocycles. The second kappa shape index (κ2) is 7.79. The van der Waals surface area contributed by atoms with Crippen molar-refractivity contribution in [2.45, 2.75) is 40.5 Å². The van der Waals surface area contributed by atoms with Gasteiger partial charge in [0, 0.05) is 0 Å². The van der Waals surface area contributed by atoms with Gasteiger partial charge in [0.1, 0.15) is 0 Å². The van der Waals surface area contributed by atoms with Crippen molar-refractivity contribution in [3.05, 3.63) is 23.8 Å². The normalized spacial score (nSPS) is 15.0. The van der Waals surface area contributed by atoms with E-state index in [2.05, 4.69) is 39.0 Å². The Labute approximate surface area is 90.2 Å². The van der Waals surface area contributed by atoms with Gasteiger partial charge in [0.25, 0.3) is 0 Å². The molecule has 0 saturated heterocycles. The molecule has 1 atom stereocenters. The minimum atomic E-state index is 0.607. The second-order valence-corrected chi connectivity index (χ2v) is 3.92. The fraction of sp³-hybridized carbons (Fsp3) is 0.615. The number of hydrogen-bond donors (Lipinski definition) is 0. The topological polar surface area (TPSA) is 0 Å². The van der Waals surface area contributed by atoms with Gasteiger partial charge in [0.2, 0.25) is 0 Å². The standard InChI is InChI=1S/C13H22B/c1-5-7-8-13(11(3)4)12(6-2)9-10-14/h5,7-8,10-12H,6,9H2,1-4H3/b7-5-,13-8+. The molecule has 0 spiro atoms. The first-order valence-corrected chi connectivity index (χ1v) is 5.53. The molecule has 1 unspecified atom stereocenters. The average Bonchev–Trinajstić information content (AvgIpc) is 2.16. The first kappa shape index (κ1) is 13.4. The molecule has 0 aromatic heterocycles. The molecule has 0 heterocycles. The van der Waals surface area contributed by atoms with E-state index in [1.54, 1.807) is 5.97 Å². The maximum atomic E-state index is 5.50. The van der Waals surface area contributed by atoms with Crippen molar-refractivity contribution in [1.29, 1.82) is 0 Å². The fourth-order valence-electron chi connectivity index (χ4n) is 1.71. The summed E-state index contributed by atoms with van der Waals surface area (Å²) >= 11 is 0. The Kier molecular flexibility index (Phi) is 7.46. The molecule has 0 aliphatic rings. The molecule has 0 bridgehead atoms. The van der Waals surface area contributed by atoms with Crippen molar-refractivity contribution in [1.82, 2.24) is 0 Å². The molecule has 0 amide bonds. The van der Waals surface area contributed by atoms with Crippen molar-refractivity contribution in [3.8, 4) is 0 Å². The molecule has 0 rings (SSSR count). The Hall–Kier alpha value is -0.585. The van der Waals surface area contributed by atoms with E-state index >= 15 is 0 Å². The van der Waals surface area contributed by atoms with Crippen LogP contribution in [0.2, 0.25) is 0 Å². The van der Waals surface area contributed by atoms with Gasteiger partial charge in [-0.1, -0.05) is 0 Å². The van der Waals surface area contributed by atoms with Gasteiger partial charge in [-0.05, 0) is 0 Å². The van der Waals surface area contributed by atoms with Gasteiger partial charge in [-0.15, -0.1) is 0 Å². The summed E-state index contributed by atoms with van der Waals surface area (Å²) in [5.41, 5.74) is 1.51. The summed E-state index contributed by atoms with van der Waals surface area (Å²) in [6.45, 7) is 8.76. The van der Waals surface area contributed by atoms with E-state index in [9.17, 15) is 0 Å². The van der Waals surface area contributed by atoms with Gasteiger partial charge >= 0.3 is 89.6 Å². The van der Waals surface area contributed by atoms with E-state index in [1.165, 1.54) is 5.57 Å². The summed E-state index contributed by atoms with van der Waals surface area (Å²) in [5.74, 6) is 2.99. The Morgan fingerprint density at radius 2 is 2.00 bits per heavy atom. The van der Waals surface area contributed by atoms with E-state index in [4.69, 9.17) is 7.49 Å². The van der Waals surface area contributed by atoms with Gasteiger partial charge in [0.05, 0.1) is 0 Å². The fourth-order valence-corrected chi connectivity index (χ4v) is 1.71. The van der Waals surface area contributed by atoms with Crippen LogP contribution in [0.3, 0.4) is 0 Å². The zero-order valence-corrected chi connectivity index (χ0v) is 9.96. The monoisotopic (exact) mass is 189 g/mol. The van der Waals surface area contributed by atoms with Crippen molar-refractivity contribution >= 4 is 13.5 Å². The van der Waals surface area contributed by atoms with E-state index in [-0.39, 0.29) is 0 Å². The van der Waals surface area contributed by atoms with Crippen LogP contribution in [0.25, 0.3) is 0 Å². The molecule has 0 saturated carbocycles. The quantitative estimate of drug-likeness (QED) is 0.443. The first-order valence-electron chi connectivity index (χ1n) is 5.53. The third-order valence-corrected chi connectivity index (χ3v) is 2.53. The zero-order chi connectivity index (χ0) is 11.0. The van der Waals surface area contributed by atoms with Gasteiger partial charge in [0.15, 0.2) is 0 Å². The van der Waals surface area contributed by atoms with Crippen LogP contribution in [0.4, 0.5) is 0 Å². The van der Waals surface area contributed by atoms with Crippen LogP contribution in [0, 0.1) is 11.8 Å². The molecule has 1 heteroatoms. The van der Waals surface area contributed by atoms with Crippen molar-refractivity contribution in [2.24, 2.45) is 11.8 Å². The van der Waals surface area contributed by atoms with Gasteiger partial charge in [-0.3, -0.25) is 0 Å². The Balaban J connectivity index is 4.67. The molecule has 0 aromatic carbocycles. The summed E-state index contributed by atoms with van der Waals surface area (Å²) in [5, 5.41) is 0. The van der Waals surface area contributed by atoms with Gasteiger partial charge in [-0.2, -0.15) is 0 Å². The summed E-state index contributed by atoms with van der Waals surface area (Å²) in [7, 11) is 5.50. The summed E-state index contributed by atoms with van der Waals surface area (Å²) < 4.78 is 0. The summed E-state index contributed by atoms with van der Waals surface area (Å²) in [6.07, 6.45) is 8.57. The third kappa shape index (κ3) is 4.60. The van der Waals surface area contributed by atoms with Crippen molar-refractivity contribution < 1.29 is 0 Å². The van der Waals surface area contributed by atoms with Crippen molar-refractivity contribution in [2.75, 3.05) is 0 Å². The Morgan fingerprint density at radius 1 is 1.36 bits per heavy atom. The molecular weight excluding hydrogens is 167 g/mol. The van der Waals surface area contributed by atoms with Crippen LogP contribution < -0.4 is 0 Å². The summed E-state index contributed by atoms with van der Waals surface area (Å²) in [6, 6.07) is 0. The predicted octanol–water partition coefficient (Wildman–Crippen LogP) is 3.53. The Bertz CT molecular complexity index is 211. The SMILES string of the molecule is [B]=CCC(CC)/C(=C/C=C\C)C(C)C. The molecule has 1 radical (unpaired) electrons. The zero-order valence-electron chi connectivity index (χ0n) is 9.96. The molecule has 0 fully saturated rings. The van der Waals surface area contributed by atoms with E-state index in [0.717, 1.165) is 12.8 Å². The first-order chi connectivity index (χ1) is 6.67. The van der Waals surface area contributed by atoms with Gasteiger partial charge < -0.3 is 0 Å². The van der Waals surface area contributed by atoms with Crippen molar-refractivity contribution in [3.63, 3.8) is 0 Å². The number of rotatable bonds is 6. The predicted molar refractivity (Wildman–Crippen MR) is 68.0 cm³/mol. The molecule has 0 aliphatic heterocycles. The van der Waals surface area contributed by atoms with Crippen LogP contribution in [-0.2, 0) is 0 Å². The number of hydrogen-bond acceptors (Lipinski definition) is 0. The molecule has 0 aromatic rings. The molecule has 0 N–H and O–H groups in total. The summed E-state index contributed by atoms with van der Waals surface area (Å²) in [4.78, 5) is 0. The van der Waals surface area contributed by atoms with Crippen LogP contribution in [0.5, 0.6) is 0 Å². The molecule has 77 valence electrons. The van der Waals surface area contributed by atoms with Crippen LogP contribution >= 0.6 is 0 Å². The van der Waals surface area contributed by atoms with Crippen LogP contribution in [0.15, 0.2) is 23.8 Å². The molecular formula is C13H22B. The second-order valence-electron chi connectivity index (χ2n) is 3.92.